The molecule has 0 radical (unpaired) electrons. The van der Waals surface area contributed by atoms with Gasteiger partial charge in [-0.15, -0.1) is 0 Å². The van der Waals surface area contributed by atoms with E-state index >= 15 is 0 Å². The lowest BCUT2D eigenvalue weighted by molar-refractivity contribution is -0.136. The van der Waals surface area contributed by atoms with Gasteiger partial charge in [0.15, 0.2) is 5.78 Å². The van der Waals surface area contributed by atoms with Crippen molar-refractivity contribution in [3.63, 3.8) is 0 Å². The molecule has 7 heteroatoms. The summed E-state index contributed by atoms with van der Waals surface area (Å²) in [4.78, 5) is 27.5. The van der Waals surface area contributed by atoms with Crippen LogP contribution in [0.15, 0.2) is 48.5 Å². The monoisotopic (exact) mass is 394 g/mol. The summed E-state index contributed by atoms with van der Waals surface area (Å²) in [5.74, 6) is -0.479. The first-order chi connectivity index (χ1) is 14.0. The van der Waals surface area contributed by atoms with E-state index in [1.807, 2.05) is 30.3 Å². The Morgan fingerprint density at radius 2 is 1.93 bits per heavy atom. The van der Waals surface area contributed by atoms with Crippen LogP contribution >= 0.6 is 0 Å². The normalized spacial score (nSPS) is 16.0. The molecule has 0 aromatic heterocycles. The molecule has 3 rings (SSSR count). The van der Waals surface area contributed by atoms with E-state index in [0.717, 1.165) is 12.0 Å². The lowest BCUT2D eigenvalue weighted by Crippen LogP contribution is -2.42. The average Bonchev–Trinajstić information content (AvgIpc) is 3.23. The van der Waals surface area contributed by atoms with Crippen LogP contribution in [0.2, 0.25) is 0 Å². The summed E-state index contributed by atoms with van der Waals surface area (Å²) in [6.07, 6.45) is 1.35. The Bertz CT molecular complexity index is 898. The highest BCUT2D eigenvalue weighted by atomic mass is 16.5. The molecule has 1 heterocycles. The molecule has 0 spiro atoms. The van der Waals surface area contributed by atoms with Crippen molar-refractivity contribution in [2.24, 2.45) is 11.5 Å². The van der Waals surface area contributed by atoms with Crippen LogP contribution in [0.3, 0.4) is 0 Å². The summed E-state index contributed by atoms with van der Waals surface area (Å²) in [7, 11) is 0. The fraction of sp³-hybridized carbons (Fsp3) is 0.318. The Hall–Kier alpha value is -3.03. The van der Waals surface area contributed by atoms with E-state index < -0.39 is 6.04 Å². The number of rotatable bonds is 8. The number of nitrogens with zero attached hydrogens (tertiary/aromatic N) is 1. The molecule has 5 N–H and O–H groups in total. The van der Waals surface area contributed by atoms with Gasteiger partial charge in [0.25, 0.3) is 0 Å². The van der Waals surface area contributed by atoms with Crippen molar-refractivity contribution in [2.75, 3.05) is 13.2 Å². The highest BCUT2D eigenvalue weighted by molar-refractivity contribution is 6.05. The van der Waals surface area contributed by atoms with E-state index in [4.69, 9.17) is 21.6 Å². The Kier molecular flexibility index (Phi) is 6.74. The molecule has 29 heavy (non-hydrogen) atoms. The van der Waals surface area contributed by atoms with Crippen LogP contribution in [-0.2, 0) is 22.7 Å². The Balaban J connectivity index is 1.69. The van der Waals surface area contributed by atoms with Crippen LogP contribution in [0.4, 0.5) is 0 Å². The third kappa shape index (κ3) is 4.88. The van der Waals surface area contributed by atoms with Crippen LogP contribution in [0.5, 0.6) is 0 Å². The quantitative estimate of drug-likeness (QED) is 0.358. The fourth-order valence-electron chi connectivity index (χ4n) is 3.58. The zero-order valence-corrected chi connectivity index (χ0v) is 16.3. The molecule has 0 unspecified atom stereocenters. The number of hydrogen-bond donors (Lipinski definition) is 3. The number of nitrogens with two attached hydrogens (primary N) is 2. The number of ketones is 1. The first-order valence-electron chi connectivity index (χ1n) is 9.64. The van der Waals surface area contributed by atoms with Gasteiger partial charge in [-0.05, 0) is 30.0 Å². The number of likely N-dealkylation sites (tertiary alicyclic amines) is 1. The number of benzene rings is 2. The van der Waals surface area contributed by atoms with Crippen molar-refractivity contribution < 1.29 is 14.3 Å². The van der Waals surface area contributed by atoms with Gasteiger partial charge < -0.3 is 21.1 Å². The molecule has 1 amide bonds. The number of carbonyl (C=O) groups excluding carboxylic acids is 2. The molecule has 1 aliphatic rings. The molecule has 0 bridgehead atoms. The zero-order valence-electron chi connectivity index (χ0n) is 16.3. The lowest BCUT2D eigenvalue weighted by Gasteiger charge is -2.24. The fourth-order valence-corrected chi connectivity index (χ4v) is 3.58. The largest absolute Gasteiger partial charge is 0.384 e. The third-order valence-corrected chi connectivity index (χ3v) is 5.12. The van der Waals surface area contributed by atoms with Crippen molar-refractivity contribution >= 4 is 17.5 Å². The van der Waals surface area contributed by atoms with Gasteiger partial charge in [-0.25, -0.2) is 0 Å². The number of nitrogens with one attached hydrogen (secondary N) is 1. The molecular weight excluding hydrogens is 368 g/mol. The summed E-state index contributed by atoms with van der Waals surface area (Å²) in [5, 5.41) is 7.62. The number of ether oxygens (including phenoxy) is 1. The summed E-state index contributed by atoms with van der Waals surface area (Å²) in [6, 6.07) is 14.1. The van der Waals surface area contributed by atoms with Gasteiger partial charge in [0, 0.05) is 24.2 Å². The Morgan fingerprint density at radius 1 is 1.17 bits per heavy atom. The molecule has 0 aliphatic carbocycles. The number of Topliss-reactive ketones (excluding diaryl/α,β-unsaturated/α-hetero) is 1. The number of hydrogen-bond acceptors (Lipinski definition) is 5. The van der Waals surface area contributed by atoms with Crippen molar-refractivity contribution in [3.8, 4) is 0 Å². The van der Waals surface area contributed by atoms with Gasteiger partial charge in [-0.3, -0.25) is 15.0 Å². The second kappa shape index (κ2) is 9.45. The molecule has 7 nitrogen and oxygen atoms in total. The maximum absolute atomic E-state index is 13.2. The molecular formula is C22H26N4O3. The molecule has 1 aliphatic heterocycles. The Morgan fingerprint density at radius 3 is 2.62 bits per heavy atom. The second-order valence-corrected chi connectivity index (χ2v) is 7.08. The third-order valence-electron chi connectivity index (χ3n) is 5.12. The van der Waals surface area contributed by atoms with Gasteiger partial charge in [-0.2, -0.15) is 0 Å². The van der Waals surface area contributed by atoms with Gasteiger partial charge >= 0.3 is 0 Å². The highest BCUT2D eigenvalue weighted by Crippen LogP contribution is 2.24. The van der Waals surface area contributed by atoms with Crippen LogP contribution in [0.1, 0.15) is 39.9 Å². The van der Waals surface area contributed by atoms with Crippen LogP contribution < -0.4 is 11.5 Å². The van der Waals surface area contributed by atoms with E-state index in [0.29, 0.717) is 36.3 Å². The van der Waals surface area contributed by atoms with Crippen molar-refractivity contribution in [1.82, 2.24) is 4.90 Å². The summed E-state index contributed by atoms with van der Waals surface area (Å²) >= 11 is 0. The van der Waals surface area contributed by atoms with E-state index in [1.165, 1.54) is 0 Å². The van der Waals surface area contributed by atoms with E-state index in [9.17, 15) is 9.59 Å². The standard InChI is InChI=1S/C22H26N4O3/c23-12-17-9-8-16(22(24)25)11-18(17)21(28)19-7-4-10-26(19)20(27)14-29-13-15-5-2-1-3-6-15/h1-3,5-6,8-9,11,19H,4,7,10,12-14,23H2,(H3,24,25)/t19-/m0/s1. The minimum absolute atomic E-state index is 0.0735. The summed E-state index contributed by atoms with van der Waals surface area (Å²) < 4.78 is 5.56. The highest BCUT2D eigenvalue weighted by Gasteiger charge is 2.35. The van der Waals surface area contributed by atoms with E-state index in [2.05, 4.69) is 0 Å². The predicted octanol–water partition coefficient (Wildman–Crippen LogP) is 1.82. The molecule has 2 aromatic rings. The smallest absolute Gasteiger partial charge is 0.249 e. The first kappa shape index (κ1) is 20.7. The van der Waals surface area contributed by atoms with Crippen molar-refractivity contribution in [3.05, 3.63) is 70.8 Å². The maximum Gasteiger partial charge on any atom is 0.249 e. The van der Waals surface area contributed by atoms with Gasteiger partial charge in [0.1, 0.15) is 12.4 Å². The topological polar surface area (TPSA) is 123 Å². The Labute approximate surface area is 170 Å². The van der Waals surface area contributed by atoms with Crippen LogP contribution in [0.25, 0.3) is 0 Å². The average molecular weight is 394 g/mol. The van der Waals surface area contributed by atoms with Crippen molar-refractivity contribution in [2.45, 2.75) is 32.0 Å². The molecule has 2 aromatic carbocycles. The molecule has 1 atom stereocenters. The number of carbonyl (C=O) groups is 2. The minimum atomic E-state index is -0.546. The van der Waals surface area contributed by atoms with Crippen molar-refractivity contribution in [1.29, 1.82) is 5.41 Å². The zero-order chi connectivity index (χ0) is 20.8. The SMILES string of the molecule is N=C(N)c1ccc(CN)c(C(=O)[C@@H]2CCCN2C(=O)COCc2ccccc2)c1. The number of nitrogen functional groups attached to an aromatic ring is 1. The molecule has 0 saturated carbocycles. The maximum atomic E-state index is 13.2. The number of amides is 1. The van der Waals surface area contributed by atoms with Gasteiger partial charge in [0.05, 0.1) is 12.6 Å². The predicted molar refractivity (Wildman–Crippen MR) is 111 cm³/mol. The molecule has 1 saturated heterocycles. The summed E-state index contributed by atoms with van der Waals surface area (Å²) in [6.45, 7) is 0.987. The molecule has 1 fully saturated rings. The van der Waals surface area contributed by atoms with E-state index in [1.54, 1.807) is 23.1 Å². The van der Waals surface area contributed by atoms with Crippen LogP contribution in [-0.4, -0.2) is 41.6 Å². The van der Waals surface area contributed by atoms with E-state index in [-0.39, 0.29) is 30.7 Å². The second-order valence-electron chi connectivity index (χ2n) is 7.08. The van der Waals surface area contributed by atoms with Gasteiger partial charge in [0.2, 0.25) is 5.91 Å². The number of amidine groups is 1. The molecule has 152 valence electrons. The minimum Gasteiger partial charge on any atom is -0.384 e. The van der Waals surface area contributed by atoms with Gasteiger partial charge in [-0.1, -0.05) is 42.5 Å². The lowest BCUT2D eigenvalue weighted by atomic mass is 9.95. The first-order valence-corrected chi connectivity index (χ1v) is 9.64. The summed E-state index contributed by atoms with van der Waals surface area (Å²) in [5.41, 5.74) is 13.9. The van der Waals surface area contributed by atoms with Crippen LogP contribution in [0, 0.1) is 5.41 Å².